The average molecular weight is 412 g/mol. The molecule has 2 heterocycles. The highest BCUT2D eigenvalue weighted by atomic mass is 16.5. The standard InChI is InChI=1S/C19H32N4O6/c1-29-19(28)22-15(18(26)27)11-21-17(25)14-3-2-10-23(12-14)16(24)5-4-13-6-8-20-9-7-13/h13-15,20H,2-12H2,1H3,(H,21,25)(H,22,28)(H,26,27)/t14-,15?/m1/s1. The monoisotopic (exact) mass is 412 g/mol. The molecule has 2 aliphatic heterocycles. The molecule has 2 fully saturated rings. The molecule has 2 saturated heterocycles. The first-order valence-electron chi connectivity index (χ1n) is 10.2. The second-order valence-electron chi connectivity index (χ2n) is 7.68. The van der Waals surface area contributed by atoms with E-state index in [1.165, 1.54) is 0 Å². The number of hydrogen-bond acceptors (Lipinski definition) is 6. The largest absolute Gasteiger partial charge is 0.480 e. The molecular formula is C19H32N4O6. The quantitative estimate of drug-likeness (QED) is 0.438. The molecule has 164 valence electrons. The summed E-state index contributed by atoms with van der Waals surface area (Å²) in [5.41, 5.74) is 0. The van der Waals surface area contributed by atoms with Crippen molar-refractivity contribution < 1.29 is 29.0 Å². The van der Waals surface area contributed by atoms with E-state index in [-0.39, 0.29) is 24.3 Å². The van der Waals surface area contributed by atoms with Gasteiger partial charge in [0.25, 0.3) is 0 Å². The Bertz CT molecular complexity index is 593. The van der Waals surface area contributed by atoms with Gasteiger partial charge in [0.1, 0.15) is 6.04 Å². The van der Waals surface area contributed by atoms with Gasteiger partial charge in [-0.3, -0.25) is 9.59 Å². The van der Waals surface area contributed by atoms with Gasteiger partial charge in [-0.1, -0.05) is 0 Å². The predicted octanol–water partition coefficient (Wildman–Crippen LogP) is -0.0698. The van der Waals surface area contributed by atoms with Crippen LogP contribution in [0.4, 0.5) is 4.79 Å². The van der Waals surface area contributed by atoms with Crippen LogP contribution in [0.5, 0.6) is 0 Å². The van der Waals surface area contributed by atoms with E-state index in [0.717, 1.165) is 45.9 Å². The summed E-state index contributed by atoms with van der Waals surface area (Å²) in [6.45, 7) is 2.76. The van der Waals surface area contributed by atoms with Gasteiger partial charge in [0.05, 0.1) is 13.0 Å². The van der Waals surface area contributed by atoms with Crippen molar-refractivity contribution in [3.8, 4) is 0 Å². The Morgan fingerprint density at radius 1 is 1.21 bits per heavy atom. The van der Waals surface area contributed by atoms with E-state index in [9.17, 15) is 19.2 Å². The van der Waals surface area contributed by atoms with Crippen molar-refractivity contribution in [3.63, 3.8) is 0 Å². The van der Waals surface area contributed by atoms with Crippen molar-refractivity contribution in [1.82, 2.24) is 20.9 Å². The maximum Gasteiger partial charge on any atom is 0.407 e. The number of carboxylic acids is 1. The SMILES string of the molecule is COC(=O)NC(CNC(=O)[C@@H]1CCCN(C(=O)CCC2CCNCC2)C1)C(=O)O. The minimum Gasteiger partial charge on any atom is -0.480 e. The fourth-order valence-electron chi connectivity index (χ4n) is 3.82. The van der Waals surface area contributed by atoms with Crippen LogP contribution < -0.4 is 16.0 Å². The van der Waals surface area contributed by atoms with Gasteiger partial charge in [0.15, 0.2) is 0 Å². The highest BCUT2D eigenvalue weighted by molar-refractivity contribution is 5.83. The molecule has 0 aromatic carbocycles. The molecule has 10 heteroatoms. The van der Waals surface area contributed by atoms with Crippen molar-refractivity contribution >= 4 is 23.9 Å². The number of amides is 3. The Morgan fingerprint density at radius 3 is 2.59 bits per heavy atom. The summed E-state index contributed by atoms with van der Waals surface area (Å²) in [6, 6.07) is -1.28. The maximum absolute atomic E-state index is 12.6. The summed E-state index contributed by atoms with van der Waals surface area (Å²) in [4.78, 5) is 49.2. The molecule has 0 aromatic rings. The van der Waals surface area contributed by atoms with Crippen LogP contribution in [0.2, 0.25) is 0 Å². The lowest BCUT2D eigenvalue weighted by atomic mass is 9.92. The molecule has 0 bridgehead atoms. The second kappa shape index (κ2) is 11.6. The van der Waals surface area contributed by atoms with Gasteiger partial charge in [-0.2, -0.15) is 0 Å². The number of carboxylic acid groups (broad SMARTS) is 1. The molecule has 3 amide bonds. The van der Waals surface area contributed by atoms with E-state index in [4.69, 9.17) is 5.11 Å². The third-order valence-electron chi connectivity index (χ3n) is 5.63. The number of nitrogens with zero attached hydrogens (tertiary/aromatic N) is 1. The number of likely N-dealkylation sites (tertiary alicyclic amines) is 1. The van der Waals surface area contributed by atoms with Crippen molar-refractivity contribution in [1.29, 1.82) is 0 Å². The fourth-order valence-corrected chi connectivity index (χ4v) is 3.82. The van der Waals surface area contributed by atoms with Gasteiger partial charge in [0.2, 0.25) is 11.8 Å². The summed E-state index contributed by atoms with van der Waals surface area (Å²) in [6.07, 6.45) is 4.09. The van der Waals surface area contributed by atoms with Crippen LogP contribution in [0, 0.1) is 11.8 Å². The van der Waals surface area contributed by atoms with Gasteiger partial charge in [-0.25, -0.2) is 9.59 Å². The molecule has 29 heavy (non-hydrogen) atoms. The summed E-state index contributed by atoms with van der Waals surface area (Å²) in [5, 5.41) is 17.2. The Hall–Kier alpha value is -2.36. The molecule has 0 spiro atoms. The first-order valence-corrected chi connectivity index (χ1v) is 10.2. The summed E-state index contributed by atoms with van der Waals surface area (Å²) in [7, 11) is 1.13. The van der Waals surface area contributed by atoms with Crippen LogP contribution in [0.15, 0.2) is 0 Å². The molecule has 0 aliphatic carbocycles. The third kappa shape index (κ3) is 7.52. The number of ether oxygens (including phenoxy) is 1. The number of rotatable bonds is 8. The van der Waals surface area contributed by atoms with Crippen LogP contribution in [0.3, 0.4) is 0 Å². The van der Waals surface area contributed by atoms with Gasteiger partial charge < -0.3 is 30.7 Å². The number of hydrogen-bond donors (Lipinski definition) is 4. The van der Waals surface area contributed by atoms with E-state index >= 15 is 0 Å². The minimum absolute atomic E-state index is 0.0804. The van der Waals surface area contributed by atoms with E-state index in [1.54, 1.807) is 4.90 Å². The van der Waals surface area contributed by atoms with Crippen molar-refractivity contribution in [2.45, 2.75) is 44.6 Å². The summed E-state index contributed by atoms with van der Waals surface area (Å²) in [5.74, 6) is -1.29. The van der Waals surface area contributed by atoms with Gasteiger partial charge in [-0.05, 0) is 51.1 Å². The molecule has 4 N–H and O–H groups in total. The third-order valence-corrected chi connectivity index (χ3v) is 5.63. The Balaban J connectivity index is 1.77. The zero-order chi connectivity index (χ0) is 21.2. The number of piperidine rings is 2. The summed E-state index contributed by atoms with van der Waals surface area (Å²) < 4.78 is 4.39. The smallest absolute Gasteiger partial charge is 0.407 e. The number of alkyl carbamates (subject to hydrolysis) is 1. The Labute approximate surface area is 170 Å². The maximum atomic E-state index is 12.6. The van der Waals surface area contributed by atoms with Crippen molar-refractivity contribution in [2.24, 2.45) is 11.8 Å². The van der Waals surface area contributed by atoms with E-state index in [0.29, 0.717) is 31.8 Å². The predicted molar refractivity (Wildman–Crippen MR) is 104 cm³/mol. The highest BCUT2D eigenvalue weighted by Gasteiger charge is 2.30. The zero-order valence-electron chi connectivity index (χ0n) is 16.9. The second-order valence-corrected chi connectivity index (χ2v) is 7.68. The van der Waals surface area contributed by atoms with Crippen LogP contribution in [-0.4, -0.2) is 79.8 Å². The number of carbonyl (C=O) groups is 4. The Kier molecular flexibility index (Phi) is 9.17. The zero-order valence-corrected chi connectivity index (χ0v) is 16.9. The number of aliphatic carboxylic acids is 1. The Morgan fingerprint density at radius 2 is 1.93 bits per heavy atom. The van der Waals surface area contributed by atoms with E-state index in [2.05, 4.69) is 20.7 Å². The van der Waals surface area contributed by atoms with Crippen molar-refractivity contribution in [3.05, 3.63) is 0 Å². The lowest BCUT2D eigenvalue weighted by Gasteiger charge is -2.33. The van der Waals surface area contributed by atoms with Gasteiger partial charge >= 0.3 is 12.1 Å². The molecule has 1 unspecified atom stereocenters. The van der Waals surface area contributed by atoms with E-state index in [1.807, 2.05) is 0 Å². The van der Waals surface area contributed by atoms with E-state index < -0.39 is 18.1 Å². The van der Waals surface area contributed by atoms with Gasteiger partial charge in [0, 0.05) is 26.1 Å². The van der Waals surface area contributed by atoms with Crippen LogP contribution in [0.1, 0.15) is 38.5 Å². The number of carbonyl (C=O) groups excluding carboxylic acids is 3. The number of nitrogens with one attached hydrogen (secondary N) is 3. The number of methoxy groups -OCH3 is 1. The summed E-state index contributed by atoms with van der Waals surface area (Å²) >= 11 is 0. The molecule has 2 rings (SSSR count). The first kappa shape index (κ1) is 22.9. The highest BCUT2D eigenvalue weighted by Crippen LogP contribution is 2.21. The molecule has 10 nitrogen and oxygen atoms in total. The molecule has 0 radical (unpaired) electrons. The van der Waals surface area contributed by atoms with Crippen LogP contribution in [-0.2, 0) is 19.1 Å². The minimum atomic E-state index is -1.28. The van der Waals surface area contributed by atoms with Crippen molar-refractivity contribution in [2.75, 3.05) is 39.8 Å². The molecule has 0 saturated carbocycles. The normalized spacial score (nSPS) is 21.1. The lowest BCUT2D eigenvalue weighted by molar-refractivity contribution is -0.139. The topological polar surface area (TPSA) is 137 Å². The molecule has 2 aliphatic rings. The van der Waals surface area contributed by atoms with Gasteiger partial charge in [-0.15, -0.1) is 0 Å². The first-order chi connectivity index (χ1) is 13.9. The fraction of sp³-hybridized carbons (Fsp3) is 0.789. The lowest BCUT2D eigenvalue weighted by Crippen LogP contribution is -2.51. The van der Waals surface area contributed by atoms with Crippen LogP contribution >= 0.6 is 0 Å². The molecule has 0 aromatic heterocycles. The average Bonchev–Trinajstić information content (AvgIpc) is 2.75. The molecule has 2 atom stereocenters. The van der Waals surface area contributed by atoms with Crippen LogP contribution in [0.25, 0.3) is 0 Å². The molecular weight excluding hydrogens is 380 g/mol.